The second-order valence-corrected chi connectivity index (χ2v) is 5.19. The molecule has 0 bridgehead atoms. The van der Waals surface area contributed by atoms with Crippen LogP contribution in [-0.2, 0) is 12.8 Å². The molecule has 4 N–H and O–H groups in total. The number of thiophene rings is 1. The zero-order valence-electron chi connectivity index (χ0n) is 9.45. The summed E-state index contributed by atoms with van der Waals surface area (Å²) in [6.45, 7) is 0. The minimum Gasteiger partial charge on any atom is -0.475 e. The number of hydrogen-bond donors (Lipinski definition) is 2. The molecule has 0 aromatic carbocycles. The number of aromatic amines is 1. The number of hydrogen-bond acceptors (Lipinski definition) is 4. The molecule has 2 aromatic heterocycles. The van der Waals surface area contributed by atoms with Crippen LogP contribution in [0.2, 0.25) is 0 Å². The lowest BCUT2D eigenvalue weighted by Crippen LogP contribution is -2.16. The minimum atomic E-state index is -1.20. The number of carbonyl (C=O) groups is 1. The third-order valence-corrected chi connectivity index (χ3v) is 4.21. The molecule has 7 heteroatoms. The van der Waals surface area contributed by atoms with Gasteiger partial charge in [-0.25, -0.2) is 9.78 Å². The summed E-state index contributed by atoms with van der Waals surface area (Å²) < 4.78 is 0. The van der Waals surface area contributed by atoms with E-state index in [0.717, 1.165) is 31.2 Å². The highest BCUT2D eigenvalue weighted by atomic mass is 32.1. The lowest BCUT2D eigenvalue weighted by atomic mass is 9.97. The monoisotopic (exact) mass is 268 g/mol. The summed E-state index contributed by atoms with van der Waals surface area (Å²) in [5.74, 6) is -1.48. The molecule has 0 radical (unpaired) electrons. The highest BCUT2D eigenvalue weighted by molar-refractivity contribution is 7.18. The van der Waals surface area contributed by atoms with Crippen LogP contribution in [0.1, 0.15) is 33.9 Å². The van der Waals surface area contributed by atoms with Gasteiger partial charge in [0.1, 0.15) is 4.83 Å². The number of carboxylic acid groups (broad SMARTS) is 1. The lowest BCUT2D eigenvalue weighted by Gasteiger charge is -2.09. The Morgan fingerprint density at radius 2 is 2.06 bits per heavy atom. The number of aromatic carboxylic acids is 1. The van der Waals surface area contributed by atoms with Crippen LogP contribution >= 0.6 is 11.3 Å². The van der Waals surface area contributed by atoms with Crippen LogP contribution in [-0.4, -0.2) is 26.5 Å². The van der Waals surface area contributed by atoms with Crippen molar-refractivity contribution in [3.63, 3.8) is 0 Å². The standard InChI is InChI=1S/C11H10N2O3S.H2O/c14-9-7-5-3-1-2-4-6(5)17-10(7)13-8(12-9)11(15)16;/h1-4H2,(H,15,16)(H,12,13,14);1H2. The van der Waals surface area contributed by atoms with E-state index in [1.165, 1.54) is 16.2 Å². The molecule has 0 amide bonds. The van der Waals surface area contributed by atoms with Gasteiger partial charge in [0.05, 0.1) is 5.39 Å². The van der Waals surface area contributed by atoms with Crippen molar-refractivity contribution in [2.75, 3.05) is 0 Å². The van der Waals surface area contributed by atoms with Crippen LogP contribution in [0.25, 0.3) is 10.2 Å². The van der Waals surface area contributed by atoms with Gasteiger partial charge in [0.25, 0.3) is 5.56 Å². The summed E-state index contributed by atoms with van der Waals surface area (Å²) in [4.78, 5) is 30.8. The first-order chi connectivity index (χ1) is 8.16. The van der Waals surface area contributed by atoms with Gasteiger partial charge in [0.15, 0.2) is 0 Å². The fraction of sp³-hybridized carbons (Fsp3) is 0.364. The van der Waals surface area contributed by atoms with E-state index >= 15 is 0 Å². The SMILES string of the molecule is O.O=C(O)c1nc2sc3c(c2c(=O)[nH]1)CCCC3. The average Bonchev–Trinajstić information content (AvgIpc) is 2.67. The molecule has 0 spiro atoms. The van der Waals surface area contributed by atoms with Crippen molar-refractivity contribution in [1.82, 2.24) is 9.97 Å². The van der Waals surface area contributed by atoms with Crippen molar-refractivity contribution in [2.24, 2.45) is 0 Å². The third-order valence-electron chi connectivity index (χ3n) is 3.03. The molecule has 0 saturated carbocycles. The van der Waals surface area contributed by atoms with Gasteiger partial charge in [0, 0.05) is 4.88 Å². The number of aromatic nitrogens is 2. The molecular formula is C11H12N2O4S. The van der Waals surface area contributed by atoms with Gasteiger partial charge < -0.3 is 15.6 Å². The van der Waals surface area contributed by atoms with Crippen molar-refractivity contribution >= 4 is 27.5 Å². The zero-order chi connectivity index (χ0) is 12.0. The fourth-order valence-electron chi connectivity index (χ4n) is 2.27. The number of rotatable bonds is 1. The second kappa shape index (κ2) is 4.51. The normalized spacial score (nSPS) is 14.0. The maximum Gasteiger partial charge on any atom is 0.372 e. The Bertz CT molecular complexity index is 673. The Morgan fingerprint density at radius 3 is 2.78 bits per heavy atom. The van der Waals surface area contributed by atoms with E-state index in [0.29, 0.717) is 10.2 Å². The van der Waals surface area contributed by atoms with Crippen LogP contribution in [0, 0.1) is 0 Å². The first-order valence-electron chi connectivity index (χ1n) is 5.44. The molecule has 6 nitrogen and oxygen atoms in total. The molecule has 3 rings (SSSR count). The molecule has 18 heavy (non-hydrogen) atoms. The van der Waals surface area contributed by atoms with Gasteiger partial charge in [-0.2, -0.15) is 0 Å². The van der Waals surface area contributed by atoms with Crippen LogP contribution in [0.4, 0.5) is 0 Å². The Balaban J connectivity index is 0.00000120. The predicted molar refractivity (Wildman–Crippen MR) is 67.5 cm³/mol. The molecule has 0 unspecified atom stereocenters. The number of H-pyrrole nitrogens is 1. The van der Waals surface area contributed by atoms with Crippen LogP contribution in [0.5, 0.6) is 0 Å². The van der Waals surface area contributed by atoms with Crippen molar-refractivity contribution in [1.29, 1.82) is 0 Å². The number of fused-ring (bicyclic) bond motifs is 3. The Morgan fingerprint density at radius 1 is 1.33 bits per heavy atom. The summed E-state index contributed by atoms with van der Waals surface area (Å²) in [6.07, 6.45) is 4.08. The fourth-order valence-corrected chi connectivity index (χ4v) is 3.53. The highest BCUT2D eigenvalue weighted by Crippen LogP contribution is 2.33. The maximum atomic E-state index is 11.9. The number of carboxylic acids is 1. The Labute approximate surface area is 106 Å². The largest absolute Gasteiger partial charge is 0.475 e. The first-order valence-corrected chi connectivity index (χ1v) is 6.26. The smallest absolute Gasteiger partial charge is 0.372 e. The van der Waals surface area contributed by atoms with E-state index in [4.69, 9.17) is 5.11 Å². The molecule has 2 aromatic rings. The molecule has 1 aliphatic rings. The van der Waals surface area contributed by atoms with Crippen molar-refractivity contribution in [3.8, 4) is 0 Å². The van der Waals surface area contributed by atoms with Gasteiger partial charge in [-0.05, 0) is 31.2 Å². The molecule has 1 aliphatic carbocycles. The van der Waals surface area contributed by atoms with Crippen molar-refractivity contribution < 1.29 is 15.4 Å². The van der Waals surface area contributed by atoms with E-state index in [-0.39, 0.29) is 16.9 Å². The van der Waals surface area contributed by atoms with Gasteiger partial charge in [-0.15, -0.1) is 11.3 Å². The van der Waals surface area contributed by atoms with Gasteiger partial charge in [0.2, 0.25) is 5.82 Å². The third kappa shape index (κ3) is 1.81. The van der Waals surface area contributed by atoms with Crippen LogP contribution < -0.4 is 5.56 Å². The molecule has 2 heterocycles. The molecule has 0 aliphatic heterocycles. The van der Waals surface area contributed by atoms with E-state index in [9.17, 15) is 9.59 Å². The Hall–Kier alpha value is -1.73. The topological polar surface area (TPSA) is 115 Å². The molecule has 0 saturated heterocycles. The summed E-state index contributed by atoms with van der Waals surface area (Å²) in [5.41, 5.74) is 0.744. The van der Waals surface area contributed by atoms with E-state index < -0.39 is 5.97 Å². The van der Waals surface area contributed by atoms with Gasteiger partial charge in [-0.3, -0.25) is 4.79 Å². The highest BCUT2D eigenvalue weighted by Gasteiger charge is 2.20. The summed E-state index contributed by atoms with van der Waals surface area (Å²) in [5, 5.41) is 9.44. The van der Waals surface area contributed by atoms with E-state index in [2.05, 4.69) is 9.97 Å². The Kier molecular flexibility index (Phi) is 3.18. The van der Waals surface area contributed by atoms with Gasteiger partial charge in [-0.1, -0.05) is 0 Å². The lowest BCUT2D eigenvalue weighted by molar-refractivity contribution is 0.0683. The first kappa shape index (κ1) is 12.7. The van der Waals surface area contributed by atoms with E-state index in [1.807, 2.05) is 0 Å². The molecule has 0 fully saturated rings. The number of aryl methyl sites for hydroxylation is 2. The number of nitrogens with zero attached hydrogens (tertiary/aromatic N) is 1. The van der Waals surface area contributed by atoms with E-state index in [1.54, 1.807) is 0 Å². The maximum absolute atomic E-state index is 11.9. The van der Waals surface area contributed by atoms with Crippen LogP contribution in [0.3, 0.4) is 0 Å². The summed E-state index contributed by atoms with van der Waals surface area (Å²) in [6, 6.07) is 0. The van der Waals surface area contributed by atoms with Crippen LogP contribution in [0.15, 0.2) is 4.79 Å². The predicted octanol–water partition coefficient (Wildman–Crippen LogP) is 0.737. The molecule has 96 valence electrons. The zero-order valence-corrected chi connectivity index (χ0v) is 10.3. The summed E-state index contributed by atoms with van der Waals surface area (Å²) >= 11 is 1.45. The quantitative estimate of drug-likeness (QED) is 0.793. The molecule has 0 atom stereocenters. The van der Waals surface area contributed by atoms with Crippen molar-refractivity contribution in [2.45, 2.75) is 25.7 Å². The van der Waals surface area contributed by atoms with Crippen molar-refractivity contribution in [3.05, 3.63) is 26.6 Å². The number of nitrogens with one attached hydrogen (secondary N) is 1. The summed E-state index contributed by atoms with van der Waals surface area (Å²) in [7, 11) is 0. The minimum absolute atomic E-state index is 0. The van der Waals surface area contributed by atoms with Gasteiger partial charge >= 0.3 is 5.97 Å². The average molecular weight is 268 g/mol. The molecular weight excluding hydrogens is 256 g/mol. The second-order valence-electron chi connectivity index (χ2n) is 4.11.